The lowest BCUT2D eigenvalue weighted by atomic mass is 10.1. The maximum absolute atomic E-state index is 12.3. The largest absolute Gasteiger partial charge is 0.322 e. The van der Waals surface area contributed by atoms with Crippen molar-refractivity contribution in [1.29, 1.82) is 5.26 Å². The van der Waals surface area contributed by atoms with Crippen molar-refractivity contribution in [3.8, 4) is 6.07 Å². The second-order valence-corrected chi connectivity index (χ2v) is 5.75. The van der Waals surface area contributed by atoms with E-state index in [0.717, 1.165) is 25.2 Å². The Labute approximate surface area is 94.6 Å². The molecule has 0 bridgehead atoms. The molecule has 16 heavy (non-hydrogen) atoms. The fourth-order valence-corrected chi connectivity index (χ4v) is 3.58. The van der Waals surface area contributed by atoms with Crippen molar-refractivity contribution in [3.63, 3.8) is 0 Å². The van der Waals surface area contributed by atoms with Crippen LogP contribution in [0.25, 0.3) is 0 Å². The van der Waals surface area contributed by atoms with Gasteiger partial charge in [0, 0.05) is 12.1 Å². The molecule has 6 atom stereocenters. The molecule has 0 spiro atoms. The summed E-state index contributed by atoms with van der Waals surface area (Å²) in [5.74, 6) is 1.57. The monoisotopic (exact) mass is 217 g/mol. The van der Waals surface area contributed by atoms with Gasteiger partial charge in [-0.05, 0) is 37.5 Å². The Bertz CT molecular complexity index is 392. The summed E-state index contributed by atoms with van der Waals surface area (Å²) in [6, 6.07) is 3.15. The number of likely N-dealkylation sites (tertiary alicyclic amines) is 1. The molecular weight excluding hydrogens is 202 g/mol. The van der Waals surface area contributed by atoms with Gasteiger partial charge in [0.15, 0.2) is 0 Å². The first-order valence-electron chi connectivity index (χ1n) is 6.26. The van der Waals surface area contributed by atoms with Gasteiger partial charge >= 0.3 is 0 Å². The predicted octanol–water partition coefficient (Wildman–Crippen LogP) is 0.250. The first kappa shape index (κ1) is 9.00. The summed E-state index contributed by atoms with van der Waals surface area (Å²) in [4.78, 5) is 14.2. The first-order valence-corrected chi connectivity index (χ1v) is 6.26. The molecular formula is C12H15N3O. The van der Waals surface area contributed by atoms with Crippen molar-refractivity contribution in [2.24, 2.45) is 11.8 Å². The number of carbonyl (C=O) groups excluding carboxylic acids is 1. The third-order valence-corrected chi connectivity index (χ3v) is 4.68. The number of amides is 1. The number of piperidine rings is 2. The van der Waals surface area contributed by atoms with Gasteiger partial charge in [0.05, 0.1) is 12.1 Å². The van der Waals surface area contributed by atoms with E-state index in [1.807, 2.05) is 4.90 Å². The minimum absolute atomic E-state index is 0.0129. The second kappa shape index (κ2) is 2.78. The number of carbonyl (C=O) groups is 1. The van der Waals surface area contributed by atoms with E-state index in [9.17, 15) is 4.79 Å². The normalized spacial score (nSPS) is 51.8. The van der Waals surface area contributed by atoms with Crippen molar-refractivity contribution in [1.82, 2.24) is 10.2 Å². The van der Waals surface area contributed by atoms with Gasteiger partial charge in [-0.2, -0.15) is 5.26 Å². The van der Waals surface area contributed by atoms with Crippen molar-refractivity contribution in [3.05, 3.63) is 0 Å². The minimum Gasteiger partial charge on any atom is -0.322 e. The Balaban J connectivity index is 1.52. The highest BCUT2D eigenvalue weighted by atomic mass is 16.2. The highest BCUT2D eigenvalue weighted by molar-refractivity contribution is 5.84. The predicted molar refractivity (Wildman–Crippen MR) is 56.2 cm³/mol. The van der Waals surface area contributed by atoms with Crippen LogP contribution in [-0.4, -0.2) is 35.0 Å². The third-order valence-electron chi connectivity index (χ3n) is 4.68. The molecule has 0 aromatic carbocycles. The number of fused-ring (bicyclic) bond motifs is 2. The van der Waals surface area contributed by atoms with Crippen molar-refractivity contribution in [2.75, 3.05) is 0 Å². The molecule has 0 radical (unpaired) electrons. The zero-order valence-electron chi connectivity index (χ0n) is 9.10. The zero-order chi connectivity index (χ0) is 10.9. The lowest BCUT2D eigenvalue weighted by Crippen LogP contribution is -2.48. The Morgan fingerprint density at radius 3 is 2.81 bits per heavy atom. The summed E-state index contributed by atoms with van der Waals surface area (Å²) in [5, 5.41) is 12.5. The van der Waals surface area contributed by atoms with E-state index in [4.69, 9.17) is 5.26 Å². The summed E-state index contributed by atoms with van der Waals surface area (Å²) in [7, 11) is 0. The van der Waals surface area contributed by atoms with E-state index in [0.29, 0.717) is 18.0 Å². The van der Waals surface area contributed by atoms with Gasteiger partial charge in [-0.25, -0.2) is 0 Å². The lowest BCUT2D eigenvalue weighted by Gasteiger charge is -2.26. The van der Waals surface area contributed by atoms with Crippen LogP contribution in [0, 0.1) is 23.2 Å². The molecule has 2 heterocycles. The molecule has 84 valence electrons. The van der Waals surface area contributed by atoms with Gasteiger partial charge in [-0.1, -0.05) is 0 Å². The highest BCUT2D eigenvalue weighted by Crippen LogP contribution is 2.49. The van der Waals surface area contributed by atoms with Crippen LogP contribution >= 0.6 is 0 Å². The summed E-state index contributed by atoms with van der Waals surface area (Å²) in [6.45, 7) is 0. The van der Waals surface area contributed by atoms with Gasteiger partial charge in [0.25, 0.3) is 0 Å². The van der Waals surface area contributed by atoms with Crippen molar-refractivity contribution in [2.45, 2.75) is 49.9 Å². The topological polar surface area (TPSA) is 56.1 Å². The first-order chi connectivity index (χ1) is 7.78. The Kier molecular flexibility index (Phi) is 1.56. The Morgan fingerprint density at radius 2 is 2.12 bits per heavy atom. The van der Waals surface area contributed by atoms with Gasteiger partial charge in [-0.3, -0.25) is 4.79 Å². The molecule has 2 aliphatic heterocycles. The van der Waals surface area contributed by atoms with Gasteiger partial charge in [-0.15, -0.1) is 0 Å². The third kappa shape index (κ3) is 1.10. The number of hydrogen-bond acceptors (Lipinski definition) is 3. The molecule has 4 nitrogen and oxygen atoms in total. The second-order valence-electron chi connectivity index (χ2n) is 5.75. The summed E-state index contributed by atoms with van der Waals surface area (Å²) >= 11 is 0. The van der Waals surface area contributed by atoms with Gasteiger partial charge < -0.3 is 10.2 Å². The van der Waals surface area contributed by atoms with Crippen LogP contribution in [0.5, 0.6) is 0 Å². The fraction of sp³-hybridized carbons (Fsp3) is 0.833. The molecule has 1 amide bonds. The molecule has 4 rings (SSSR count). The summed E-state index contributed by atoms with van der Waals surface area (Å²) in [5.41, 5.74) is 0. The summed E-state index contributed by atoms with van der Waals surface area (Å²) < 4.78 is 0. The van der Waals surface area contributed by atoms with E-state index < -0.39 is 0 Å². The van der Waals surface area contributed by atoms with E-state index in [1.54, 1.807) is 0 Å². The van der Waals surface area contributed by atoms with Crippen LogP contribution in [0.4, 0.5) is 0 Å². The number of nitrogens with zero attached hydrogens (tertiary/aromatic N) is 2. The fourth-order valence-electron chi connectivity index (χ4n) is 3.58. The Hall–Kier alpha value is -1.08. The number of nitriles is 1. The van der Waals surface area contributed by atoms with Gasteiger partial charge in [0.1, 0.15) is 6.04 Å². The minimum atomic E-state index is -0.144. The van der Waals surface area contributed by atoms with Crippen molar-refractivity contribution < 1.29 is 4.79 Å². The average molecular weight is 217 g/mol. The van der Waals surface area contributed by atoms with Crippen LogP contribution in [0.2, 0.25) is 0 Å². The molecule has 0 aromatic rings. The van der Waals surface area contributed by atoms with E-state index in [1.165, 1.54) is 6.42 Å². The standard InChI is InChI=1S/C12H15N3O/c13-5-8-1-7-4-11(7)15(8)12(16)10-3-6-2-9(6)14-10/h6-11,14H,1-4H2/t6-,7+,8-,9-,10-,11?/m0/s1. The zero-order valence-corrected chi connectivity index (χ0v) is 9.10. The molecule has 4 aliphatic rings. The van der Waals surface area contributed by atoms with Gasteiger partial charge in [0.2, 0.25) is 5.91 Å². The molecule has 1 N–H and O–H groups in total. The quantitative estimate of drug-likeness (QED) is 0.685. The van der Waals surface area contributed by atoms with E-state index in [2.05, 4.69) is 11.4 Å². The van der Waals surface area contributed by atoms with E-state index in [-0.39, 0.29) is 18.0 Å². The molecule has 2 aliphatic carbocycles. The lowest BCUT2D eigenvalue weighted by molar-refractivity contribution is -0.134. The molecule has 2 saturated heterocycles. The average Bonchev–Trinajstić information content (AvgIpc) is 3.16. The molecule has 2 saturated carbocycles. The molecule has 0 aromatic heterocycles. The van der Waals surface area contributed by atoms with Crippen LogP contribution in [0.1, 0.15) is 25.7 Å². The number of hydrogen-bond donors (Lipinski definition) is 1. The number of rotatable bonds is 1. The van der Waals surface area contributed by atoms with Crippen molar-refractivity contribution >= 4 is 5.91 Å². The maximum Gasteiger partial charge on any atom is 0.241 e. The van der Waals surface area contributed by atoms with Crippen LogP contribution < -0.4 is 5.32 Å². The van der Waals surface area contributed by atoms with Crippen LogP contribution in [0.3, 0.4) is 0 Å². The molecule has 4 heteroatoms. The van der Waals surface area contributed by atoms with Crippen LogP contribution in [0.15, 0.2) is 0 Å². The molecule has 4 fully saturated rings. The SMILES string of the molecule is N#C[C@@H]1C[C@@H]2CC2N1C(=O)[C@@H]1C[C@@H]2C[C@@H]2N1. The highest BCUT2D eigenvalue weighted by Gasteiger charge is 2.57. The number of nitrogens with one attached hydrogen (secondary N) is 1. The van der Waals surface area contributed by atoms with Crippen LogP contribution in [-0.2, 0) is 4.79 Å². The summed E-state index contributed by atoms with van der Waals surface area (Å²) in [6.07, 6.45) is 4.28. The van der Waals surface area contributed by atoms with E-state index >= 15 is 0 Å². The molecule has 1 unspecified atom stereocenters. The maximum atomic E-state index is 12.3. The smallest absolute Gasteiger partial charge is 0.241 e. The Morgan fingerprint density at radius 1 is 1.25 bits per heavy atom.